The van der Waals surface area contributed by atoms with Crippen LogP contribution in [0.4, 0.5) is 0 Å². The van der Waals surface area contributed by atoms with Crippen LogP contribution in [-0.2, 0) is 24.9 Å². The molecule has 50 heavy (non-hydrogen) atoms. The molecule has 0 saturated heterocycles. The Hall–Kier alpha value is -3.91. The van der Waals surface area contributed by atoms with Crippen molar-refractivity contribution in [3.63, 3.8) is 0 Å². The summed E-state index contributed by atoms with van der Waals surface area (Å²) in [5, 5.41) is 19.5. The van der Waals surface area contributed by atoms with Gasteiger partial charge in [-0.2, -0.15) is 5.26 Å². The number of hydrogen-bond acceptors (Lipinski definition) is 5. The maximum atomic E-state index is 12.2. The van der Waals surface area contributed by atoms with Gasteiger partial charge < -0.3 is 10.1 Å². The maximum Gasteiger partial charge on any atom is 0.164 e. The molecule has 1 heterocycles. The number of aliphatic hydroxyl groups excluding tert-OH is 1. The van der Waals surface area contributed by atoms with Crippen molar-refractivity contribution in [1.29, 1.82) is 5.26 Å². The van der Waals surface area contributed by atoms with Crippen LogP contribution in [0.5, 0.6) is 0 Å². The molecule has 0 unspecified atom stereocenters. The number of benzene rings is 3. The third-order valence-corrected chi connectivity index (χ3v) is 10.2. The minimum Gasteiger partial charge on any atom is -0.512 e. The van der Waals surface area contributed by atoms with Crippen LogP contribution in [0.1, 0.15) is 106 Å². The molecule has 1 aromatic heterocycles. The summed E-state index contributed by atoms with van der Waals surface area (Å²) in [7, 11) is 0. The standard InChI is InChI=1S/C29H26N3.C15H28O2.Ir/c1-17-7-18(2)10-24(9-17)28-29(25-11-19(3)8-20(4)12-25)32-26(16-31-28)27-21(5)13-23(15-30)14-22(27)6;1-7-14(5,8-2)12(16)11-13(17)15(6,9-3)10-4;/h7-9,11-14,16H,1-6H3;11,16H,7-10H2,1-6H3;/q-1;;/b;12-11-;. The topological polar surface area (TPSA) is 86.9 Å². The Balaban J connectivity index is 0.000000413. The average molecular weight is 849 g/mol. The van der Waals surface area contributed by atoms with Crippen molar-refractivity contribution in [1.82, 2.24) is 9.97 Å². The molecule has 0 bridgehead atoms. The van der Waals surface area contributed by atoms with Gasteiger partial charge in [0.2, 0.25) is 0 Å². The number of aliphatic hydroxyl groups is 1. The molecule has 0 spiro atoms. The molecule has 4 rings (SSSR count). The smallest absolute Gasteiger partial charge is 0.164 e. The van der Waals surface area contributed by atoms with Crippen molar-refractivity contribution in [2.24, 2.45) is 10.8 Å². The van der Waals surface area contributed by atoms with Gasteiger partial charge in [0, 0.05) is 54.5 Å². The second-order valence-corrected chi connectivity index (χ2v) is 14.1. The number of carbonyl (C=O) groups excluding carboxylic acids is 1. The number of nitriles is 1. The van der Waals surface area contributed by atoms with Crippen LogP contribution >= 0.6 is 0 Å². The Morgan fingerprint density at radius 2 is 1.32 bits per heavy atom. The molecule has 4 aromatic rings. The third kappa shape index (κ3) is 9.87. The van der Waals surface area contributed by atoms with Gasteiger partial charge in [-0.15, -0.1) is 34.9 Å². The quantitative estimate of drug-likeness (QED) is 0.0976. The number of aryl methyl sites for hydroxylation is 6. The number of rotatable bonds is 10. The van der Waals surface area contributed by atoms with Crippen molar-refractivity contribution in [3.8, 4) is 39.8 Å². The Morgan fingerprint density at radius 1 is 0.800 bits per heavy atom. The van der Waals surface area contributed by atoms with E-state index in [0.29, 0.717) is 5.56 Å². The van der Waals surface area contributed by atoms with Crippen LogP contribution in [0, 0.1) is 69.8 Å². The van der Waals surface area contributed by atoms with Crippen LogP contribution in [0.2, 0.25) is 0 Å². The molecular weight excluding hydrogens is 795 g/mol. The van der Waals surface area contributed by atoms with Crippen molar-refractivity contribution >= 4 is 5.78 Å². The van der Waals surface area contributed by atoms with Crippen molar-refractivity contribution < 1.29 is 30.0 Å². The van der Waals surface area contributed by atoms with Gasteiger partial charge in [-0.3, -0.25) is 9.78 Å². The summed E-state index contributed by atoms with van der Waals surface area (Å²) in [6, 6.07) is 20.2. The summed E-state index contributed by atoms with van der Waals surface area (Å²) in [4.78, 5) is 22.2. The van der Waals surface area contributed by atoms with Gasteiger partial charge in [0.1, 0.15) is 5.76 Å². The summed E-state index contributed by atoms with van der Waals surface area (Å²) in [6.07, 6.45) is 6.60. The third-order valence-electron chi connectivity index (χ3n) is 10.2. The second-order valence-electron chi connectivity index (χ2n) is 14.1. The van der Waals surface area contributed by atoms with Crippen LogP contribution < -0.4 is 0 Å². The summed E-state index contributed by atoms with van der Waals surface area (Å²) < 4.78 is 0. The SMILES string of the molecule is CCC(C)(CC)C(=O)/C=C(\O)C(C)(CC)CC.Cc1[c-]c(-c2ncc(-c3c(C)cc(C#N)cc3C)nc2-c2cc(C)cc(C)c2)cc(C)c1.[Ir]. The summed E-state index contributed by atoms with van der Waals surface area (Å²) in [6.45, 7) is 24.5. The van der Waals surface area contributed by atoms with Gasteiger partial charge in [0.05, 0.1) is 23.0 Å². The molecule has 0 amide bonds. The fourth-order valence-electron chi connectivity index (χ4n) is 6.16. The van der Waals surface area contributed by atoms with E-state index in [1.165, 1.54) is 22.8 Å². The molecule has 0 aliphatic heterocycles. The molecule has 267 valence electrons. The normalized spacial score (nSPS) is 11.6. The molecular formula is C44H54IrN3O2-. The zero-order chi connectivity index (χ0) is 36.7. The van der Waals surface area contributed by atoms with E-state index >= 15 is 0 Å². The van der Waals surface area contributed by atoms with Gasteiger partial charge in [-0.1, -0.05) is 84.7 Å². The van der Waals surface area contributed by atoms with Crippen LogP contribution in [0.3, 0.4) is 0 Å². The Morgan fingerprint density at radius 3 is 1.80 bits per heavy atom. The second kappa shape index (κ2) is 17.8. The first-order chi connectivity index (χ1) is 23.0. The summed E-state index contributed by atoms with van der Waals surface area (Å²) >= 11 is 0. The number of ketones is 1. The molecule has 1 radical (unpaired) electrons. The monoisotopic (exact) mass is 849 g/mol. The van der Waals surface area contributed by atoms with Crippen molar-refractivity contribution in [2.75, 3.05) is 0 Å². The summed E-state index contributed by atoms with van der Waals surface area (Å²) in [5.41, 5.74) is 12.2. The molecule has 6 heteroatoms. The Kier molecular flexibility index (Phi) is 15.1. The zero-order valence-electron chi connectivity index (χ0n) is 32.1. The average Bonchev–Trinajstić information content (AvgIpc) is 3.06. The first kappa shape index (κ1) is 42.3. The summed E-state index contributed by atoms with van der Waals surface area (Å²) in [5.74, 6) is 0.286. The molecule has 0 atom stereocenters. The van der Waals surface area contributed by atoms with Crippen molar-refractivity contribution in [3.05, 3.63) is 106 Å². The molecule has 5 nitrogen and oxygen atoms in total. The predicted molar refractivity (Wildman–Crippen MR) is 203 cm³/mol. The molecule has 0 saturated carbocycles. The van der Waals surface area contributed by atoms with E-state index in [9.17, 15) is 15.2 Å². The van der Waals surface area contributed by atoms with E-state index in [-0.39, 0.29) is 42.5 Å². The molecule has 1 N–H and O–H groups in total. The molecule has 0 aliphatic carbocycles. The van der Waals surface area contributed by atoms with E-state index in [0.717, 1.165) is 76.1 Å². The predicted octanol–water partition coefficient (Wildman–Crippen LogP) is 11.6. The van der Waals surface area contributed by atoms with Gasteiger partial charge in [-0.05, 0) is 82.2 Å². The molecule has 0 fully saturated rings. The maximum absolute atomic E-state index is 12.2. The van der Waals surface area contributed by atoms with E-state index < -0.39 is 0 Å². The van der Waals surface area contributed by atoms with Gasteiger partial charge in [-0.25, -0.2) is 0 Å². The minimum absolute atomic E-state index is 0. The van der Waals surface area contributed by atoms with Crippen LogP contribution in [0.15, 0.2) is 60.5 Å². The van der Waals surface area contributed by atoms with E-state index in [2.05, 4.69) is 70.2 Å². The number of aromatic nitrogens is 2. The minimum atomic E-state index is -0.337. The first-order valence-electron chi connectivity index (χ1n) is 17.5. The number of nitrogens with zero attached hydrogens (tertiary/aromatic N) is 3. The molecule has 0 aliphatic rings. The van der Waals surface area contributed by atoms with Gasteiger partial charge in [0.25, 0.3) is 0 Å². The number of allylic oxidation sites excluding steroid dienone is 2. The van der Waals surface area contributed by atoms with Crippen LogP contribution in [-0.4, -0.2) is 20.9 Å². The fourth-order valence-corrected chi connectivity index (χ4v) is 6.16. The van der Waals surface area contributed by atoms with Gasteiger partial charge >= 0.3 is 0 Å². The van der Waals surface area contributed by atoms with E-state index in [1.807, 2.05) is 73.7 Å². The van der Waals surface area contributed by atoms with Crippen molar-refractivity contribution in [2.45, 2.75) is 109 Å². The number of hydrogen-bond donors (Lipinski definition) is 1. The van der Waals surface area contributed by atoms with E-state index in [1.54, 1.807) is 0 Å². The van der Waals surface area contributed by atoms with Gasteiger partial charge in [0.15, 0.2) is 5.78 Å². The number of carbonyl (C=O) groups is 1. The van der Waals surface area contributed by atoms with Crippen LogP contribution in [0.25, 0.3) is 33.8 Å². The largest absolute Gasteiger partial charge is 0.512 e. The zero-order valence-corrected chi connectivity index (χ0v) is 34.5. The Bertz CT molecular complexity index is 1830. The Labute approximate surface area is 314 Å². The fraction of sp³-hybridized carbons (Fsp3) is 0.409. The first-order valence-corrected chi connectivity index (χ1v) is 17.5. The van der Waals surface area contributed by atoms with E-state index in [4.69, 9.17) is 9.97 Å². The molecule has 3 aromatic carbocycles.